The van der Waals surface area contributed by atoms with Gasteiger partial charge in [0.15, 0.2) is 0 Å². The van der Waals surface area contributed by atoms with Crippen molar-refractivity contribution in [1.82, 2.24) is 14.6 Å². The van der Waals surface area contributed by atoms with E-state index in [0.29, 0.717) is 6.04 Å². The van der Waals surface area contributed by atoms with E-state index in [1.54, 1.807) is 0 Å². The summed E-state index contributed by atoms with van der Waals surface area (Å²) in [4.78, 5) is 5.46. The summed E-state index contributed by atoms with van der Waals surface area (Å²) in [7, 11) is 0. The number of aromatic nitrogens is 1. The van der Waals surface area contributed by atoms with Crippen molar-refractivity contribution >= 4 is 22.7 Å². The Morgan fingerprint density at radius 1 is 1.23 bits per heavy atom. The first-order valence-corrected chi connectivity index (χ1v) is 9.01. The van der Waals surface area contributed by atoms with E-state index in [1.165, 1.54) is 28.5 Å². The van der Waals surface area contributed by atoms with Crippen LogP contribution in [0.1, 0.15) is 33.6 Å². The molecule has 0 aliphatic carbocycles. The molecule has 1 aromatic heterocycles. The SMILES string of the molecule is CCCCNC[C@@H](C)N(CC)Sc1ccc2cnccc2c1. The second-order valence-corrected chi connectivity index (χ2v) is 6.74. The molecule has 0 radical (unpaired) electrons. The molecule has 2 aromatic rings. The Kier molecular flexibility index (Phi) is 7.16. The van der Waals surface area contributed by atoms with Crippen LogP contribution < -0.4 is 5.32 Å². The van der Waals surface area contributed by atoms with Crippen LogP contribution in [0.2, 0.25) is 0 Å². The highest BCUT2D eigenvalue weighted by molar-refractivity contribution is 7.97. The van der Waals surface area contributed by atoms with Crippen LogP contribution in [0.25, 0.3) is 10.8 Å². The zero-order valence-electron chi connectivity index (χ0n) is 13.9. The molecule has 120 valence electrons. The van der Waals surface area contributed by atoms with Gasteiger partial charge in [0, 0.05) is 41.8 Å². The lowest BCUT2D eigenvalue weighted by molar-refractivity contribution is 0.371. The number of nitrogens with zero attached hydrogens (tertiary/aromatic N) is 2. The summed E-state index contributed by atoms with van der Waals surface area (Å²) < 4.78 is 2.45. The van der Waals surface area contributed by atoms with E-state index < -0.39 is 0 Å². The van der Waals surface area contributed by atoms with Gasteiger partial charge >= 0.3 is 0 Å². The summed E-state index contributed by atoms with van der Waals surface area (Å²) in [5, 5.41) is 6.01. The Bertz CT molecular complexity index is 573. The molecule has 0 amide bonds. The Hall–Kier alpha value is -1.10. The Morgan fingerprint density at radius 3 is 2.86 bits per heavy atom. The molecule has 0 aliphatic heterocycles. The smallest absolute Gasteiger partial charge is 0.0346 e. The van der Waals surface area contributed by atoms with Gasteiger partial charge in [-0.15, -0.1) is 0 Å². The predicted molar refractivity (Wildman–Crippen MR) is 97.2 cm³/mol. The molecule has 22 heavy (non-hydrogen) atoms. The first kappa shape index (κ1) is 17.3. The van der Waals surface area contributed by atoms with Gasteiger partial charge in [0.1, 0.15) is 0 Å². The molecule has 1 heterocycles. The summed E-state index contributed by atoms with van der Waals surface area (Å²) >= 11 is 1.85. The molecule has 0 bridgehead atoms. The van der Waals surface area contributed by atoms with Crippen molar-refractivity contribution in [1.29, 1.82) is 0 Å². The van der Waals surface area contributed by atoms with E-state index in [-0.39, 0.29) is 0 Å². The number of nitrogens with one attached hydrogen (secondary N) is 1. The van der Waals surface area contributed by atoms with Gasteiger partial charge in [-0.05, 0) is 55.4 Å². The van der Waals surface area contributed by atoms with Gasteiger partial charge in [-0.25, -0.2) is 4.31 Å². The Morgan fingerprint density at radius 2 is 2.09 bits per heavy atom. The highest BCUT2D eigenvalue weighted by atomic mass is 32.2. The molecule has 0 saturated carbocycles. The summed E-state index contributed by atoms with van der Waals surface area (Å²) in [6.07, 6.45) is 6.28. The monoisotopic (exact) mass is 317 g/mol. The molecule has 4 heteroatoms. The van der Waals surface area contributed by atoms with Gasteiger partial charge in [-0.3, -0.25) is 4.98 Å². The third kappa shape index (κ3) is 4.97. The molecule has 1 N–H and O–H groups in total. The molecule has 1 atom stereocenters. The van der Waals surface area contributed by atoms with Crippen LogP contribution in [0.15, 0.2) is 41.6 Å². The number of hydrogen-bond acceptors (Lipinski definition) is 4. The third-order valence-corrected chi connectivity index (χ3v) is 5.10. The fourth-order valence-corrected chi connectivity index (χ4v) is 3.40. The van der Waals surface area contributed by atoms with Crippen molar-refractivity contribution in [3.63, 3.8) is 0 Å². The van der Waals surface area contributed by atoms with Crippen molar-refractivity contribution in [3.8, 4) is 0 Å². The average molecular weight is 318 g/mol. The molecular formula is C18H27N3S. The number of likely N-dealkylation sites (N-methyl/N-ethyl adjacent to an activating group) is 1. The largest absolute Gasteiger partial charge is 0.315 e. The normalized spacial score (nSPS) is 12.9. The molecule has 0 unspecified atom stereocenters. The Balaban J connectivity index is 1.95. The van der Waals surface area contributed by atoms with Gasteiger partial charge < -0.3 is 5.32 Å². The van der Waals surface area contributed by atoms with Gasteiger partial charge in [0.25, 0.3) is 0 Å². The number of pyridine rings is 1. The van der Waals surface area contributed by atoms with Crippen LogP contribution in [0.5, 0.6) is 0 Å². The van der Waals surface area contributed by atoms with E-state index in [0.717, 1.165) is 19.6 Å². The number of fused-ring (bicyclic) bond motifs is 1. The minimum Gasteiger partial charge on any atom is -0.315 e. The van der Waals surface area contributed by atoms with Crippen LogP contribution in [-0.2, 0) is 0 Å². The maximum absolute atomic E-state index is 4.17. The summed E-state index contributed by atoms with van der Waals surface area (Å²) in [6, 6.07) is 9.18. The Labute approximate surface area is 138 Å². The van der Waals surface area contributed by atoms with E-state index in [2.05, 4.69) is 59.6 Å². The average Bonchev–Trinajstić information content (AvgIpc) is 2.56. The van der Waals surface area contributed by atoms with Crippen molar-refractivity contribution in [2.45, 2.75) is 44.6 Å². The molecule has 3 nitrogen and oxygen atoms in total. The first-order valence-electron chi connectivity index (χ1n) is 8.23. The molecule has 2 rings (SSSR count). The lowest BCUT2D eigenvalue weighted by atomic mass is 10.2. The van der Waals surface area contributed by atoms with Gasteiger partial charge in [-0.1, -0.05) is 26.3 Å². The van der Waals surface area contributed by atoms with E-state index in [9.17, 15) is 0 Å². The van der Waals surface area contributed by atoms with E-state index in [1.807, 2.05) is 24.3 Å². The summed E-state index contributed by atoms with van der Waals surface area (Å²) in [6.45, 7) is 9.94. The molecule has 0 saturated heterocycles. The number of hydrogen-bond donors (Lipinski definition) is 1. The minimum atomic E-state index is 0.514. The highest BCUT2D eigenvalue weighted by Gasteiger charge is 2.13. The second kappa shape index (κ2) is 9.13. The maximum atomic E-state index is 4.17. The minimum absolute atomic E-state index is 0.514. The van der Waals surface area contributed by atoms with Crippen LogP contribution in [0.3, 0.4) is 0 Å². The molecular weight excluding hydrogens is 290 g/mol. The van der Waals surface area contributed by atoms with Gasteiger partial charge in [-0.2, -0.15) is 0 Å². The molecule has 0 fully saturated rings. The highest BCUT2D eigenvalue weighted by Crippen LogP contribution is 2.27. The van der Waals surface area contributed by atoms with Gasteiger partial charge in [0.2, 0.25) is 0 Å². The van der Waals surface area contributed by atoms with Crippen LogP contribution in [-0.4, -0.2) is 35.0 Å². The van der Waals surface area contributed by atoms with Crippen LogP contribution in [0, 0.1) is 0 Å². The fraction of sp³-hybridized carbons (Fsp3) is 0.500. The van der Waals surface area contributed by atoms with Crippen molar-refractivity contribution in [2.24, 2.45) is 0 Å². The summed E-state index contributed by atoms with van der Waals surface area (Å²) in [5.41, 5.74) is 0. The topological polar surface area (TPSA) is 28.2 Å². The summed E-state index contributed by atoms with van der Waals surface area (Å²) in [5.74, 6) is 0. The number of unbranched alkanes of at least 4 members (excludes halogenated alkanes) is 1. The predicted octanol–water partition coefficient (Wildman–Crippen LogP) is 4.34. The van der Waals surface area contributed by atoms with Crippen LogP contribution in [0.4, 0.5) is 0 Å². The fourth-order valence-electron chi connectivity index (χ4n) is 2.43. The molecule has 1 aromatic carbocycles. The van der Waals surface area contributed by atoms with Crippen LogP contribution >= 0.6 is 11.9 Å². The zero-order valence-corrected chi connectivity index (χ0v) is 14.7. The van der Waals surface area contributed by atoms with E-state index in [4.69, 9.17) is 0 Å². The van der Waals surface area contributed by atoms with Crippen molar-refractivity contribution in [3.05, 3.63) is 36.7 Å². The van der Waals surface area contributed by atoms with Crippen molar-refractivity contribution < 1.29 is 0 Å². The quantitative estimate of drug-likeness (QED) is 0.550. The lowest BCUT2D eigenvalue weighted by Gasteiger charge is -2.27. The van der Waals surface area contributed by atoms with E-state index >= 15 is 0 Å². The zero-order chi connectivity index (χ0) is 15.8. The number of benzene rings is 1. The maximum Gasteiger partial charge on any atom is 0.0346 e. The first-order chi connectivity index (χ1) is 10.7. The van der Waals surface area contributed by atoms with Crippen molar-refractivity contribution in [2.75, 3.05) is 19.6 Å². The van der Waals surface area contributed by atoms with Gasteiger partial charge in [0.05, 0.1) is 0 Å². The lowest BCUT2D eigenvalue weighted by Crippen LogP contribution is -2.36. The molecule has 0 aliphatic rings. The molecule has 0 spiro atoms. The second-order valence-electron chi connectivity index (χ2n) is 5.62. The standard InChI is InChI=1S/C18H27N3S/c1-4-6-10-19-13-15(3)21(5-2)22-18-8-7-17-14-20-11-9-16(17)12-18/h7-9,11-12,14-15,19H,4-6,10,13H2,1-3H3/t15-/m1/s1. The third-order valence-electron chi connectivity index (χ3n) is 3.78. The number of rotatable bonds is 9.